The number of hydrogen-bond acceptors (Lipinski definition) is 6. The minimum Gasteiger partial charge on any atom is -0.372 e. The molecule has 1 aliphatic heterocycles. The molecule has 2 N–H and O–H groups in total. The van der Waals surface area contributed by atoms with Gasteiger partial charge in [-0.05, 0) is 50.1 Å². The second-order valence-electron chi connectivity index (χ2n) is 8.17. The summed E-state index contributed by atoms with van der Waals surface area (Å²) in [5, 5.41) is 9.98. The van der Waals surface area contributed by atoms with E-state index in [2.05, 4.69) is 44.4 Å². The first kappa shape index (κ1) is 21.8. The van der Waals surface area contributed by atoms with Crippen molar-refractivity contribution in [3.05, 3.63) is 66.4 Å². The van der Waals surface area contributed by atoms with E-state index in [0.717, 1.165) is 35.7 Å². The maximum Gasteiger partial charge on any atom is 0.315 e. The van der Waals surface area contributed by atoms with Crippen LogP contribution in [0.5, 0.6) is 0 Å². The molecule has 0 spiro atoms. The molecule has 4 rings (SSSR count). The summed E-state index contributed by atoms with van der Waals surface area (Å²) in [7, 11) is 0. The Morgan fingerprint density at radius 2 is 1.91 bits per heavy atom. The summed E-state index contributed by atoms with van der Waals surface area (Å²) in [5.74, 6) is 0.933. The molecule has 0 radical (unpaired) electrons. The average Bonchev–Trinajstić information content (AvgIpc) is 3.32. The van der Waals surface area contributed by atoms with Crippen molar-refractivity contribution >= 4 is 11.8 Å². The van der Waals surface area contributed by atoms with Gasteiger partial charge in [0.2, 0.25) is 0 Å². The first-order chi connectivity index (χ1) is 15.5. The van der Waals surface area contributed by atoms with Crippen LogP contribution in [0.15, 0.2) is 55.2 Å². The average molecular weight is 436 g/mol. The third-order valence-corrected chi connectivity index (χ3v) is 5.43. The molecule has 2 amide bonds. The molecule has 3 unspecified atom stereocenters. The van der Waals surface area contributed by atoms with Gasteiger partial charge >= 0.3 is 6.03 Å². The Morgan fingerprint density at radius 3 is 2.53 bits per heavy atom. The SMILES string of the molecule is CC1CN(c2ccc(CNC(=O)NC(C)c3ccc(-n4cncn4)cc3)cn2)CC(C)O1. The monoisotopic (exact) mass is 435 g/mol. The molecule has 9 nitrogen and oxygen atoms in total. The molecule has 32 heavy (non-hydrogen) atoms. The van der Waals surface area contributed by atoms with Crippen molar-refractivity contribution in [2.45, 2.75) is 45.6 Å². The Kier molecular flexibility index (Phi) is 6.65. The van der Waals surface area contributed by atoms with Crippen molar-refractivity contribution in [1.29, 1.82) is 0 Å². The third-order valence-electron chi connectivity index (χ3n) is 5.43. The van der Waals surface area contributed by atoms with Gasteiger partial charge in [0.1, 0.15) is 18.5 Å². The maximum absolute atomic E-state index is 12.4. The number of carbonyl (C=O) groups is 1. The molecule has 2 aromatic heterocycles. The smallest absolute Gasteiger partial charge is 0.315 e. The van der Waals surface area contributed by atoms with Gasteiger partial charge in [-0.25, -0.2) is 19.4 Å². The van der Waals surface area contributed by atoms with Crippen molar-refractivity contribution in [1.82, 2.24) is 30.4 Å². The summed E-state index contributed by atoms with van der Waals surface area (Å²) >= 11 is 0. The van der Waals surface area contributed by atoms with Gasteiger partial charge in [0.15, 0.2) is 0 Å². The van der Waals surface area contributed by atoms with Crippen molar-refractivity contribution in [2.75, 3.05) is 18.0 Å². The topological polar surface area (TPSA) is 97.2 Å². The Hall–Kier alpha value is -3.46. The Morgan fingerprint density at radius 1 is 1.16 bits per heavy atom. The van der Waals surface area contributed by atoms with Gasteiger partial charge in [-0.3, -0.25) is 0 Å². The minimum absolute atomic E-state index is 0.134. The summed E-state index contributed by atoms with van der Waals surface area (Å²) in [5.41, 5.74) is 2.87. The maximum atomic E-state index is 12.4. The standard InChI is InChI=1S/C23H29N7O2/c1-16-12-29(13-17(2)32-16)22-9-4-19(10-25-22)11-26-23(31)28-18(3)20-5-7-21(8-6-20)30-15-24-14-27-30/h4-10,14-18H,11-13H2,1-3H3,(H2,26,28,31). The Balaban J connectivity index is 1.26. The first-order valence-corrected chi connectivity index (χ1v) is 10.8. The van der Waals surface area contributed by atoms with Gasteiger partial charge < -0.3 is 20.3 Å². The number of morpholine rings is 1. The molecule has 1 fully saturated rings. The normalized spacial score (nSPS) is 19.4. The second kappa shape index (κ2) is 9.78. The highest BCUT2D eigenvalue weighted by molar-refractivity contribution is 5.74. The summed E-state index contributed by atoms with van der Waals surface area (Å²) in [4.78, 5) is 23.1. The lowest BCUT2D eigenvalue weighted by atomic mass is 10.1. The molecule has 1 aromatic carbocycles. The van der Waals surface area contributed by atoms with E-state index in [1.54, 1.807) is 11.0 Å². The lowest BCUT2D eigenvalue weighted by Gasteiger charge is -2.36. The van der Waals surface area contributed by atoms with Gasteiger partial charge in [-0.15, -0.1) is 0 Å². The van der Waals surface area contributed by atoms with E-state index in [4.69, 9.17) is 4.74 Å². The van der Waals surface area contributed by atoms with E-state index in [9.17, 15) is 4.79 Å². The van der Waals surface area contributed by atoms with Crippen LogP contribution in [-0.4, -0.2) is 51.1 Å². The highest BCUT2D eigenvalue weighted by Crippen LogP contribution is 2.18. The van der Waals surface area contributed by atoms with Gasteiger partial charge in [0, 0.05) is 25.8 Å². The number of carbonyl (C=O) groups excluding carboxylic acids is 1. The van der Waals surface area contributed by atoms with E-state index in [0.29, 0.717) is 6.54 Å². The molecule has 0 saturated carbocycles. The van der Waals surface area contributed by atoms with Gasteiger partial charge in [0.05, 0.1) is 23.9 Å². The molecular weight excluding hydrogens is 406 g/mol. The van der Waals surface area contributed by atoms with Gasteiger partial charge in [-0.1, -0.05) is 18.2 Å². The summed E-state index contributed by atoms with van der Waals surface area (Å²) in [6.45, 7) is 8.17. The fourth-order valence-electron chi connectivity index (χ4n) is 3.84. The summed E-state index contributed by atoms with van der Waals surface area (Å²) < 4.78 is 7.47. The number of aromatic nitrogens is 4. The van der Waals surface area contributed by atoms with Crippen molar-refractivity contribution in [3.8, 4) is 5.69 Å². The number of rotatable bonds is 6. The number of pyridine rings is 1. The fourth-order valence-corrected chi connectivity index (χ4v) is 3.84. The zero-order valence-corrected chi connectivity index (χ0v) is 18.6. The van der Waals surface area contributed by atoms with Crippen molar-refractivity contribution < 1.29 is 9.53 Å². The Bertz CT molecular complexity index is 996. The zero-order valence-electron chi connectivity index (χ0n) is 18.6. The van der Waals surface area contributed by atoms with E-state index < -0.39 is 0 Å². The van der Waals surface area contributed by atoms with Crippen LogP contribution in [0, 0.1) is 0 Å². The predicted octanol–water partition coefficient (Wildman–Crippen LogP) is 2.84. The Labute approximate surface area is 187 Å². The van der Waals surface area contributed by atoms with Crippen LogP contribution in [0.3, 0.4) is 0 Å². The molecule has 1 aliphatic rings. The number of hydrogen-bond donors (Lipinski definition) is 2. The largest absolute Gasteiger partial charge is 0.372 e. The van der Waals surface area contributed by atoms with Crippen LogP contribution in [0.4, 0.5) is 10.6 Å². The zero-order chi connectivity index (χ0) is 22.5. The summed E-state index contributed by atoms with van der Waals surface area (Å²) in [6, 6.07) is 11.5. The molecule has 9 heteroatoms. The first-order valence-electron chi connectivity index (χ1n) is 10.8. The molecule has 0 bridgehead atoms. The lowest BCUT2D eigenvalue weighted by Crippen LogP contribution is -2.45. The number of benzene rings is 1. The number of ether oxygens (including phenoxy) is 1. The lowest BCUT2D eigenvalue weighted by molar-refractivity contribution is -0.00546. The highest BCUT2D eigenvalue weighted by Gasteiger charge is 2.23. The number of nitrogens with zero attached hydrogens (tertiary/aromatic N) is 5. The summed E-state index contributed by atoms with van der Waals surface area (Å²) in [6.07, 6.45) is 5.33. The molecule has 1 saturated heterocycles. The molecule has 0 aliphatic carbocycles. The van der Waals surface area contributed by atoms with Crippen LogP contribution in [0.2, 0.25) is 0 Å². The number of urea groups is 1. The molecule has 168 valence electrons. The van der Waals surface area contributed by atoms with Crippen molar-refractivity contribution in [2.24, 2.45) is 0 Å². The van der Waals surface area contributed by atoms with E-state index in [-0.39, 0.29) is 24.3 Å². The molecular formula is C23H29N7O2. The minimum atomic E-state index is -0.224. The van der Waals surface area contributed by atoms with Crippen LogP contribution >= 0.6 is 0 Å². The van der Waals surface area contributed by atoms with E-state index in [1.807, 2.05) is 49.5 Å². The number of nitrogens with one attached hydrogen (secondary N) is 2. The van der Waals surface area contributed by atoms with Crippen LogP contribution in [-0.2, 0) is 11.3 Å². The highest BCUT2D eigenvalue weighted by atomic mass is 16.5. The predicted molar refractivity (Wildman–Crippen MR) is 122 cm³/mol. The van der Waals surface area contributed by atoms with Gasteiger partial charge in [0.25, 0.3) is 0 Å². The molecule has 3 heterocycles. The van der Waals surface area contributed by atoms with E-state index in [1.165, 1.54) is 6.33 Å². The number of anilines is 1. The molecule has 3 aromatic rings. The van der Waals surface area contributed by atoms with Gasteiger partial charge in [-0.2, -0.15) is 5.10 Å². The van der Waals surface area contributed by atoms with Crippen LogP contribution in [0.1, 0.15) is 37.9 Å². The van der Waals surface area contributed by atoms with E-state index >= 15 is 0 Å². The quantitative estimate of drug-likeness (QED) is 0.618. The third kappa shape index (κ3) is 5.42. The molecule has 3 atom stereocenters. The fraction of sp³-hybridized carbons (Fsp3) is 0.391. The van der Waals surface area contributed by atoms with Crippen LogP contribution < -0.4 is 15.5 Å². The van der Waals surface area contributed by atoms with Crippen molar-refractivity contribution in [3.63, 3.8) is 0 Å². The number of amides is 2. The second-order valence-corrected chi connectivity index (χ2v) is 8.17. The van der Waals surface area contributed by atoms with Crippen LogP contribution in [0.25, 0.3) is 5.69 Å².